The van der Waals surface area contributed by atoms with E-state index in [-0.39, 0.29) is 22.8 Å². The molecular formula is C12H14BrN3O3. The molecule has 0 saturated carbocycles. The number of rotatable bonds is 2. The number of hydrogen-bond acceptors (Lipinski definition) is 4. The predicted molar refractivity (Wildman–Crippen MR) is 72.9 cm³/mol. The second kappa shape index (κ2) is 4.88. The van der Waals surface area contributed by atoms with Gasteiger partial charge in [-0.05, 0) is 52.5 Å². The monoisotopic (exact) mass is 327 g/mol. The van der Waals surface area contributed by atoms with Crippen molar-refractivity contribution in [2.24, 2.45) is 0 Å². The van der Waals surface area contributed by atoms with Gasteiger partial charge >= 0.3 is 5.82 Å². The van der Waals surface area contributed by atoms with Crippen LogP contribution in [-0.4, -0.2) is 32.8 Å². The highest BCUT2D eigenvalue weighted by molar-refractivity contribution is 9.10. The zero-order chi connectivity index (χ0) is 14.2. The van der Waals surface area contributed by atoms with Crippen LogP contribution in [-0.2, 0) is 0 Å². The van der Waals surface area contributed by atoms with Crippen molar-refractivity contribution in [2.45, 2.75) is 32.2 Å². The van der Waals surface area contributed by atoms with Crippen molar-refractivity contribution in [1.82, 2.24) is 9.88 Å². The van der Waals surface area contributed by atoms with Crippen LogP contribution in [0.25, 0.3) is 0 Å². The van der Waals surface area contributed by atoms with E-state index in [0.29, 0.717) is 11.0 Å². The van der Waals surface area contributed by atoms with Crippen LogP contribution >= 0.6 is 15.9 Å². The summed E-state index contributed by atoms with van der Waals surface area (Å²) < 4.78 is 0.478. The third kappa shape index (κ3) is 2.60. The fourth-order valence-electron chi connectivity index (χ4n) is 2.32. The van der Waals surface area contributed by atoms with Crippen molar-refractivity contribution in [1.29, 1.82) is 0 Å². The maximum atomic E-state index is 12.5. The molecule has 1 aromatic rings. The molecule has 0 N–H and O–H groups in total. The van der Waals surface area contributed by atoms with Crippen LogP contribution in [0.4, 0.5) is 5.82 Å². The lowest BCUT2D eigenvalue weighted by atomic mass is 10.0. The first-order chi connectivity index (χ1) is 8.83. The van der Waals surface area contributed by atoms with E-state index in [1.165, 1.54) is 12.3 Å². The topological polar surface area (TPSA) is 76.3 Å². The number of aromatic nitrogens is 1. The van der Waals surface area contributed by atoms with Gasteiger partial charge < -0.3 is 15.0 Å². The number of carbonyl (C=O) groups is 1. The Morgan fingerprint density at radius 1 is 1.58 bits per heavy atom. The number of pyridine rings is 1. The minimum atomic E-state index is -0.599. The molecule has 1 aliphatic rings. The Kier molecular flexibility index (Phi) is 3.58. The van der Waals surface area contributed by atoms with Crippen LogP contribution in [0.2, 0.25) is 0 Å². The Labute approximate surface area is 119 Å². The number of halogens is 1. The van der Waals surface area contributed by atoms with Crippen molar-refractivity contribution < 1.29 is 9.72 Å². The molecule has 1 fully saturated rings. The SMILES string of the molecule is CC1(C)CCCN1C(=O)c1cc([N+](=O)[O-])ncc1Br. The third-order valence-corrected chi connectivity index (χ3v) is 4.04. The summed E-state index contributed by atoms with van der Waals surface area (Å²) in [6.07, 6.45) is 3.18. The summed E-state index contributed by atoms with van der Waals surface area (Å²) in [4.78, 5) is 28.1. The van der Waals surface area contributed by atoms with Crippen LogP contribution in [0.1, 0.15) is 37.0 Å². The molecular weight excluding hydrogens is 314 g/mol. The quantitative estimate of drug-likeness (QED) is 0.618. The van der Waals surface area contributed by atoms with Gasteiger partial charge in [-0.25, -0.2) is 0 Å². The molecule has 7 heteroatoms. The van der Waals surface area contributed by atoms with Crippen LogP contribution in [0.15, 0.2) is 16.7 Å². The van der Waals surface area contributed by atoms with Gasteiger partial charge in [0, 0.05) is 18.2 Å². The van der Waals surface area contributed by atoms with Gasteiger partial charge in [0.1, 0.15) is 0 Å². The summed E-state index contributed by atoms with van der Waals surface area (Å²) in [5, 5.41) is 10.7. The van der Waals surface area contributed by atoms with Crippen LogP contribution in [0.3, 0.4) is 0 Å². The Balaban J connectivity index is 2.38. The van der Waals surface area contributed by atoms with Crippen molar-refractivity contribution in [3.05, 3.63) is 32.4 Å². The number of carbonyl (C=O) groups excluding carboxylic acids is 1. The van der Waals surface area contributed by atoms with Crippen molar-refractivity contribution in [2.75, 3.05) is 6.54 Å². The molecule has 0 bridgehead atoms. The number of nitro groups is 1. The molecule has 2 rings (SSSR count). The summed E-state index contributed by atoms with van der Waals surface area (Å²) in [5.74, 6) is -0.511. The fraction of sp³-hybridized carbons (Fsp3) is 0.500. The summed E-state index contributed by atoms with van der Waals surface area (Å²) in [6.45, 7) is 4.68. The first-order valence-electron chi connectivity index (χ1n) is 5.95. The second-order valence-corrected chi connectivity index (χ2v) is 6.01. The van der Waals surface area contributed by atoms with Gasteiger partial charge in [0.25, 0.3) is 5.91 Å². The van der Waals surface area contributed by atoms with Crippen LogP contribution < -0.4 is 0 Å². The van der Waals surface area contributed by atoms with Gasteiger partial charge in [-0.15, -0.1) is 0 Å². The Hall–Kier alpha value is -1.50. The van der Waals surface area contributed by atoms with E-state index >= 15 is 0 Å². The number of nitrogens with zero attached hydrogens (tertiary/aromatic N) is 3. The Morgan fingerprint density at radius 2 is 2.26 bits per heavy atom. The summed E-state index contributed by atoms with van der Waals surface area (Å²) in [6, 6.07) is 1.22. The number of likely N-dealkylation sites (tertiary alicyclic amines) is 1. The zero-order valence-electron chi connectivity index (χ0n) is 10.7. The van der Waals surface area contributed by atoms with Crippen molar-refractivity contribution in [3.8, 4) is 0 Å². The maximum Gasteiger partial charge on any atom is 0.364 e. The summed E-state index contributed by atoms with van der Waals surface area (Å²) >= 11 is 3.23. The highest BCUT2D eigenvalue weighted by atomic mass is 79.9. The smallest absolute Gasteiger partial charge is 0.358 e. The van der Waals surface area contributed by atoms with Crippen molar-refractivity contribution >= 4 is 27.7 Å². The molecule has 0 aromatic carbocycles. The largest absolute Gasteiger partial charge is 0.364 e. The molecule has 0 spiro atoms. The van der Waals surface area contributed by atoms with E-state index in [0.717, 1.165) is 12.8 Å². The van der Waals surface area contributed by atoms with Crippen LogP contribution in [0.5, 0.6) is 0 Å². The molecule has 0 aliphatic carbocycles. The van der Waals surface area contributed by atoms with Gasteiger partial charge in [0.15, 0.2) is 6.20 Å². The third-order valence-electron chi connectivity index (χ3n) is 3.40. The zero-order valence-corrected chi connectivity index (χ0v) is 12.3. The molecule has 2 heterocycles. The fourth-order valence-corrected chi connectivity index (χ4v) is 2.71. The lowest BCUT2D eigenvalue weighted by molar-refractivity contribution is -0.389. The van der Waals surface area contributed by atoms with Gasteiger partial charge in [-0.1, -0.05) is 0 Å². The molecule has 6 nitrogen and oxygen atoms in total. The molecule has 1 aliphatic heterocycles. The normalized spacial score (nSPS) is 17.5. The highest BCUT2D eigenvalue weighted by Gasteiger charge is 2.37. The number of amides is 1. The van der Waals surface area contributed by atoms with E-state index in [1.54, 1.807) is 4.90 Å². The molecule has 19 heavy (non-hydrogen) atoms. The van der Waals surface area contributed by atoms with Crippen LogP contribution in [0, 0.1) is 10.1 Å². The van der Waals surface area contributed by atoms with E-state index in [2.05, 4.69) is 20.9 Å². The van der Waals surface area contributed by atoms with E-state index in [9.17, 15) is 14.9 Å². The highest BCUT2D eigenvalue weighted by Crippen LogP contribution is 2.31. The summed E-state index contributed by atoms with van der Waals surface area (Å²) in [7, 11) is 0. The molecule has 1 amide bonds. The standard InChI is InChI=1S/C12H14BrN3O3/c1-12(2)4-3-5-15(12)11(17)8-6-10(16(18)19)14-7-9(8)13/h6-7H,3-5H2,1-2H3. The molecule has 0 radical (unpaired) electrons. The van der Waals surface area contributed by atoms with Gasteiger partial charge in [-0.3, -0.25) is 4.79 Å². The molecule has 1 aromatic heterocycles. The van der Waals surface area contributed by atoms with E-state index < -0.39 is 4.92 Å². The van der Waals surface area contributed by atoms with Gasteiger partial charge in [0.05, 0.1) is 10.0 Å². The Bertz CT molecular complexity index is 545. The average Bonchev–Trinajstić information content (AvgIpc) is 2.68. The first kappa shape index (κ1) is 13.9. The summed E-state index contributed by atoms with van der Waals surface area (Å²) in [5.41, 5.74) is 0.0749. The second-order valence-electron chi connectivity index (χ2n) is 5.15. The molecule has 0 unspecified atom stereocenters. The van der Waals surface area contributed by atoms with Crippen molar-refractivity contribution in [3.63, 3.8) is 0 Å². The van der Waals surface area contributed by atoms with Gasteiger partial charge in [-0.2, -0.15) is 0 Å². The van der Waals surface area contributed by atoms with Gasteiger partial charge in [0.2, 0.25) is 0 Å². The molecule has 1 saturated heterocycles. The predicted octanol–water partition coefficient (Wildman–Crippen LogP) is 2.77. The number of hydrogen-bond donors (Lipinski definition) is 0. The first-order valence-corrected chi connectivity index (χ1v) is 6.74. The average molecular weight is 328 g/mol. The Morgan fingerprint density at radius 3 is 2.79 bits per heavy atom. The lowest BCUT2D eigenvalue weighted by Gasteiger charge is -2.31. The minimum Gasteiger partial charge on any atom is -0.358 e. The maximum absolute atomic E-state index is 12.5. The molecule has 0 atom stereocenters. The minimum absolute atomic E-state index is 0.195. The van der Waals surface area contributed by atoms with E-state index in [4.69, 9.17) is 0 Å². The lowest BCUT2D eigenvalue weighted by Crippen LogP contribution is -2.42. The van der Waals surface area contributed by atoms with E-state index in [1.807, 2.05) is 13.8 Å². The molecule has 102 valence electrons.